The number of carbonyl (C=O) groups excluding carboxylic acids is 3. The van der Waals surface area contributed by atoms with Gasteiger partial charge in [-0.2, -0.15) is 0 Å². The molecule has 5 aliphatic rings. The van der Waals surface area contributed by atoms with Crippen molar-refractivity contribution in [2.24, 2.45) is 50.2 Å². The summed E-state index contributed by atoms with van der Waals surface area (Å²) in [6.07, 6.45) is 11.8. The quantitative estimate of drug-likeness (QED) is 0.312. The minimum atomic E-state index is -0.673. The predicted molar refractivity (Wildman–Crippen MR) is 172 cm³/mol. The highest BCUT2D eigenvalue weighted by Crippen LogP contribution is 2.74. The van der Waals surface area contributed by atoms with E-state index in [0.717, 1.165) is 61.4 Å². The molecule has 5 heteroatoms. The van der Waals surface area contributed by atoms with E-state index in [2.05, 4.69) is 45.5 Å². The van der Waals surface area contributed by atoms with Crippen molar-refractivity contribution in [2.45, 2.75) is 93.4 Å². The standard InChI is InChI=1S/C39H46N2O3/c1-34(2)16-18-39(33(44)41-20-14-24-11-9-10-12-27(24)41)19-17-38(7)31(25(39)22-34)28(42)21-30-36(5)23-26(40-8)32(43)35(3,4)29(36)13-15-37(30,38)6/h9-12,14,20-21,23,25,29,31H,13,15-19,22H2,1-7H3. The van der Waals surface area contributed by atoms with Crippen LogP contribution in [-0.2, 0) is 9.59 Å². The van der Waals surface area contributed by atoms with Crippen LogP contribution in [0.1, 0.15) is 98.2 Å². The van der Waals surface area contributed by atoms with E-state index in [4.69, 9.17) is 6.57 Å². The molecule has 5 aliphatic carbocycles. The van der Waals surface area contributed by atoms with Gasteiger partial charge in [0.25, 0.3) is 0 Å². The van der Waals surface area contributed by atoms with Crippen molar-refractivity contribution in [2.75, 3.05) is 0 Å². The second kappa shape index (κ2) is 8.93. The van der Waals surface area contributed by atoms with Crippen molar-refractivity contribution in [3.05, 3.63) is 71.4 Å². The van der Waals surface area contributed by atoms with E-state index in [9.17, 15) is 14.4 Å². The van der Waals surface area contributed by atoms with Gasteiger partial charge in [-0.15, -0.1) is 0 Å². The molecule has 0 spiro atoms. The Kier molecular flexibility index (Phi) is 5.97. The van der Waals surface area contributed by atoms with E-state index in [0.29, 0.717) is 0 Å². The molecule has 0 bridgehead atoms. The molecular formula is C39H46N2O3. The number of hydrogen-bond donors (Lipinski definition) is 0. The molecule has 3 fully saturated rings. The van der Waals surface area contributed by atoms with Gasteiger partial charge in [0.05, 0.1) is 17.5 Å². The van der Waals surface area contributed by atoms with Crippen LogP contribution in [0.2, 0.25) is 0 Å². The highest BCUT2D eigenvalue weighted by atomic mass is 16.2. The van der Waals surface area contributed by atoms with Crippen LogP contribution >= 0.6 is 0 Å². The van der Waals surface area contributed by atoms with Gasteiger partial charge in [0, 0.05) is 28.3 Å². The van der Waals surface area contributed by atoms with Crippen molar-refractivity contribution >= 4 is 28.4 Å². The van der Waals surface area contributed by atoms with Gasteiger partial charge < -0.3 is 4.79 Å². The Morgan fingerprint density at radius 1 is 0.932 bits per heavy atom. The molecule has 0 radical (unpaired) electrons. The van der Waals surface area contributed by atoms with Crippen LogP contribution in [0.25, 0.3) is 15.7 Å². The SMILES string of the molecule is [C-]#[N+]C1=CC2(C)C3=CC(=O)C4C5CC(C)(C)CCC5(C(=O)n5ccc6ccccc65)CCC4(C)C3(C)CCC2C(C)(C)C1=O. The van der Waals surface area contributed by atoms with E-state index in [-0.39, 0.29) is 57.2 Å². The first-order valence-electron chi connectivity index (χ1n) is 16.6. The van der Waals surface area contributed by atoms with E-state index >= 15 is 0 Å². The van der Waals surface area contributed by atoms with Crippen molar-refractivity contribution in [1.29, 1.82) is 0 Å². The van der Waals surface area contributed by atoms with E-state index in [1.807, 2.05) is 61.0 Å². The number of allylic oxidation sites excluding steroid dienone is 4. The predicted octanol–water partition coefficient (Wildman–Crippen LogP) is 8.85. The van der Waals surface area contributed by atoms with Gasteiger partial charge in [0.2, 0.25) is 11.6 Å². The monoisotopic (exact) mass is 590 g/mol. The molecule has 1 aromatic carbocycles. The number of rotatable bonds is 1. The Bertz CT molecular complexity index is 1750. The van der Waals surface area contributed by atoms with Crippen LogP contribution in [0.5, 0.6) is 0 Å². The van der Waals surface area contributed by atoms with Crippen LogP contribution in [-0.4, -0.2) is 22.0 Å². The largest absolute Gasteiger partial charge is 0.307 e. The molecule has 1 heterocycles. The molecule has 1 aromatic heterocycles. The van der Waals surface area contributed by atoms with Crippen molar-refractivity contribution in [3.63, 3.8) is 0 Å². The average Bonchev–Trinajstić information content (AvgIpc) is 3.40. The molecule has 0 aliphatic heterocycles. The minimum absolute atomic E-state index is 0.0279. The van der Waals surface area contributed by atoms with Gasteiger partial charge in [-0.1, -0.05) is 78.3 Å². The summed E-state index contributed by atoms with van der Waals surface area (Å²) in [4.78, 5) is 46.7. The number of aromatic nitrogens is 1. The lowest BCUT2D eigenvalue weighted by atomic mass is 9.34. The zero-order chi connectivity index (χ0) is 31.7. The molecule has 7 unspecified atom stereocenters. The second-order valence-corrected chi connectivity index (χ2v) is 16.9. The molecule has 230 valence electrons. The number of fused-ring (bicyclic) bond motifs is 8. The first-order valence-corrected chi connectivity index (χ1v) is 16.6. The molecule has 0 saturated heterocycles. The summed E-state index contributed by atoms with van der Waals surface area (Å²) in [5.74, 6) is -0.0512. The van der Waals surface area contributed by atoms with Gasteiger partial charge in [0.1, 0.15) is 0 Å². The maximum atomic E-state index is 14.9. The lowest BCUT2D eigenvalue weighted by Crippen LogP contribution is -2.66. The van der Waals surface area contributed by atoms with E-state index in [1.54, 1.807) is 0 Å². The number of Topliss-reactive ketones (excluding diaryl/α,β-unsaturated/α-hetero) is 1. The third-order valence-corrected chi connectivity index (χ3v) is 14.1. The third-order valence-electron chi connectivity index (χ3n) is 14.1. The topological polar surface area (TPSA) is 60.5 Å². The smallest absolute Gasteiger partial charge is 0.237 e. The molecule has 44 heavy (non-hydrogen) atoms. The summed E-state index contributed by atoms with van der Waals surface area (Å²) in [5, 5.41) is 1.06. The summed E-state index contributed by atoms with van der Waals surface area (Å²) in [6.45, 7) is 23.3. The van der Waals surface area contributed by atoms with Crippen LogP contribution in [0.4, 0.5) is 0 Å². The Morgan fingerprint density at radius 2 is 1.64 bits per heavy atom. The Hall–Kier alpha value is -3.26. The normalized spacial score (nSPS) is 40.5. The summed E-state index contributed by atoms with van der Waals surface area (Å²) in [7, 11) is 0. The third kappa shape index (κ3) is 3.49. The van der Waals surface area contributed by atoms with Gasteiger partial charge in [-0.3, -0.25) is 14.2 Å². The van der Waals surface area contributed by atoms with Gasteiger partial charge in [0.15, 0.2) is 11.6 Å². The molecule has 5 nitrogen and oxygen atoms in total. The van der Waals surface area contributed by atoms with Gasteiger partial charge in [-0.05, 0) is 91.2 Å². The molecular weight excluding hydrogens is 544 g/mol. The summed E-state index contributed by atoms with van der Waals surface area (Å²) in [6, 6.07) is 10.1. The highest BCUT2D eigenvalue weighted by molar-refractivity contribution is 6.03. The fourth-order valence-electron chi connectivity index (χ4n) is 11.5. The average molecular weight is 591 g/mol. The number of nitrogens with zero attached hydrogens (tertiary/aromatic N) is 2. The number of ketones is 2. The van der Waals surface area contributed by atoms with Crippen molar-refractivity contribution < 1.29 is 14.4 Å². The zero-order valence-electron chi connectivity index (χ0n) is 27.4. The van der Waals surface area contributed by atoms with Crippen molar-refractivity contribution in [3.8, 4) is 0 Å². The van der Waals surface area contributed by atoms with Crippen LogP contribution in [0.15, 0.2) is 60.0 Å². The Labute approximate surface area is 262 Å². The number of benzene rings is 1. The van der Waals surface area contributed by atoms with Gasteiger partial charge in [-0.25, -0.2) is 4.85 Å². The first kappa shape index (κ1) is 29.5. The number of carbonyl (C=O) groups is 3. The molecule has 0 amide bonds. The Balaban J connectivity index is 1.39. The van der Waals surface area contributed by atoms with Gasteiger partial charge >= 0.3 is 0 Å². The molecule has 7 rings (SSSR count). The fraction of sp³-hybridized carbons (Fsp3) is 0.590. The number of para-hydroxylation sites is 1. The van der Waals surface area contributed by atoms with Crippen LogP contribution < -0.4 is 0 Å². The molecule has 2 aromatic rings. The van der Waals surface area contributed by atoms with Crippen molar-refractivity contribution in [1.82, 2.24) is 4.57 Å². The Morgan fingerprint density at radius 3 is 2.36 bits per heavy atom. The lowest BCUT2D eigenvalue weighted by Gasteiger charge is -2.69. The van der Waals surface area contributed by atoms with Crippen LogP contribution in [0, 0.1) is 56.8 Å². The molecule has 7 atom stereocenters. The second-order valence-electron chi connectivity index (χ2n) is 16.9. The highest BCUT2D eigenvalue weighted by Gasteiger charge is 2.70. The zero-order valence-corrected chi connectivity index (χ0v) is 27.4. The molecule has 0 N–H and O–H groups in total. The summed E-state index contributed by atoms with van der Waals surface area (Å²) >= 11 is 0. The number of hydrogen-bond acceptors (Lipinski definition) is 3. The van der Waals surface area contributed by atoms with E-state index in [1.165, 1.54) is 0 Å². The maximum Gasteiger partial charge on any atom is 0.237 e. The first-order chi connectivity index (χ1) is 20.6. The van der Waals surface area contributed by atoms with Crippen LogP contribution in [0.3, 0.4) is 0 Å². The summed E-state index contributed by atoms with van der Waals surface area (Å²) < 4.78 is 1.88. The fourth-order valence-corrected chi connectivity index (χ4v) is 11.5. The summed E-state index contributed by atoms with van der Waals surface area (Å²) in [5.41, 5.74) is -0.124. The van der Waals surface area contributed by atoms with E-state index < -0.39 is 16.2 Å². The molecule has 3 saturated carbocycles. The lowest BCUT2D eigenvalue weighted by molar-refractivity contribution is -0.164. The maximum absolute atomic E-state index is 14.9. The minimum Gasteiger partial charge on any atom is -0.307 e.